The van der Waals surface area contributed by atoms with Gasteiger partial charge in [-0.2, -0.15) is 5.10 Å². The van der Waals surface area contributed by atoms with Crippen LogP contribution in [0.3, 0.4) is 0 Å². The van der Waals surface area contributed by atoms with Gasteiger partial charge in [0.25, 0.3) is 5.91 Å². The van der Waals surface area contributed by atoms with E-state index in [-0.39, 0.29) is 16.9 Å². The third-order valence-electron chi connectivity index (χ3n) is 4.23. The molecule has 2 heterocycles. The third-order valence-corrected chi connectivity index (χ3v) is 4.58. The maximum atomic E-state index is 13.1. The predicted octanol–water partition coefficient (Wildman–Crippen LogP) is 3.85. The molecule has 1 aliphatic rings. The lowest BCUT2D eigenvalue weighted by molar-refractivity contribution is 0.0682. The molecule has 1 atom stereocenters. The van der Waals surface area contributed by atoms with Gasteiger partial charge < -0.3 is 4.90 Å². The normalized spacial score (nSPS) is 18.3. The molecular formula is C17H19ClFN3O. The van der Waals surface area contributed by atoms with Crippen molar-refractivity contribution >= 4 is 17.5 Å². The van der Waals surface area contributed by atoms with E-state index in [2.05, 4.69) is 12.0 Å². The number of hydrogen-bond donors (Lipinski definition) is 0. The van der Waals surface area contributed by atoms with Crippen molar-refractivity contribution in [2.24, 2.45) is 5.92 Å². The Balaban J connectivity index is 1.94. The lowest BCUT2D eigenvalue weighted by Crippen LogP contribution is -2.39. The molecule has 0 aliphatic carbocycles. The molecule has 0 radical (unpaired) electrons. The highest BCUT2D eigenvalue weighted by molar-refractivity contribution is 6.33. The van der Waals surface area contributed by atoms with Gasteiger partial charge in [-0.1, -0.05) is 18.5 Å². The van der Waals surface area contributed by atoms with E-state index in [1.54, 1.807) is 19.1 Å². The van der Waals surface area contributed by atoms with Gasteiger partial charge in [0, 0.05) is 13.1 Å². The number of aromatic nitrogens is 2. The molecule has 0 unspecified atom stereocenters. The second-order valence-electron chi connectivity index (χ2n) is 6.14. The van der Waals surface area contributed by atoms with E-state index in [9.17, 15) is 9.18 Å². The van der Waals surface area contributed by atoms with Crippen LogP contribution in [-0.2, 0) is 0 Å². The molecule has 1 fully saturated rings. The van der Waals surface area contributed by atoms with Gasteiger partial charge in [-0.05, 0) is 49.9 Å². The van der Waals surface area contributed by atoms with E-state index in [4.69, 9.17) is 11.6 Å². The number of hydrogen-bond acceptors (Lipinski definition) is 2. The first kappa shape index (κ1) is 16.0. The molecule has 1 saturated heterocycles. The third kappa shape index (κ3) is 3.11. The van der Waals surface area contributed by atoms with Gasteiger partial charge in [0.2, 0.25) is 0 Å². The maximum absolute atomic E-state index is 13.1. The Morgan fingerprint density at radius 2 is 2.04 bits per heavy atom. The number of amides is 1. The average molecular weight is 336 g/mol. The van der Waals surface area contributed by atoms with E-state index >= 15 is 0 Å². The first-order chi connectivity index (χ1) is 11.0. The number of carbonyl (C=O) groups excluding carboxylic acids is 1. The minimum Gasteiger partial charge on any atom is -0.338 e. The first-order valence-electron chi connectivity index (χ1n) is 7.77. The second-order valence-corrected chi connectivity index (χ2v) is 6.50. The molecule has 2 aromatic rings. The zero-order valence-corrected chi connectivity index (χ0v) is 14.0. The van der Waals surface area contributed by atoms with Gasteiger partial charge in [-0.25, -0.2) is 9.07 Å². The van der Waals surface area contributed by atoms with E-state index in [1.807, 2.05) is 4.90 Å². The van der Waals surface area contributed by atoms with Crippen molar-refractivity contribution in [1.29, 1.82) is 0 Å². The molecule has 6 heteroatoms. The molecule has 0 bridgehead atoms. The van der Waals surface area contributed by atoms with Crippen molar-refractivity contribution in [2.75, 3.05) is 13.1 Å². The van der Waals surface area contributed by atoms with Gasteiger partial charge >= 0.3 is 0 Å². The van der Waals surface area contributed by atoms with Gasteiger partial charge in [0.15, 0.2) is 0 Å². The zero-order valence-electron chi connectivity index (χ0n) is 13.2. The van der Waals surface area contributed by atoms with Crippen molar-refractivity contribution < 1.29 is 9.18 Å². The van der Waals surface area contributed by atoms with Crippen LogP contribution in [0.5, 0.6) is 0 Å². The Bertz CT molecular complexity index is 726. The van der Waals surface area contributed by atoms with Gasteiger partial charge in [0.05, 0.1) is 16.9 Å². The summed E-state index contributed by atoms with van der Waals surface area (Å²) in [6, 6.07) is 5.86. The highest BCUT2D eigenvalue weighted by Gasteiger charge is 2.28. The molecule has 4 nitrogen and oxygen atoms in total. The van der Waals surface area contributed by atoms with E-state index in [1.165, 1.54) is 16.8 Å². The summed E-state index contributed by atoms with van der Waals surface area (Å²) in [5.74, 6) is 0.0960. The standard InChI is InChI=1S/C17H19ClFN3O/c1-11-4-3-9-21(10-11)17(23)15-12(2)20-22(16(15)18)14-7-5-13(19)6-8-14/h5-8,11H,3-4,9-10H2,1-2H3/t11-/m0/s1. The molecular weight excluding hydrogens is 317 g/mol. The fraction of sp³-hybridized carbons (Fsp3) is 0.412. The summed E-state index contributed by atoms with van der Waals surface area (Å²) in [7, 11) is 0. The van der Waals surface area contributed by atoms with Crippen LogP contribution in [-0.4, -0.2) is 33.7 Å². The summed E-state index contributed by atoms with van der Waals surface area (Å²) >= 11 is 6.41. The summed E-state index contributed by atoms with van der Waals surface area (Å²) in [6.07, 6.45) is 2.15. The molecule has 1 amide bonds. The molecule has 3 rings (SSSR count). The summed E-state index contributed by atoms with van der Waals surface area (Å²) in [5.41, 5.74) is 1.65. The van der Waals surface area contributed by atoms with E-state index < -0.39 is 0 Å². The predicted molar refractivity (Wildman–Crippen MR) is 87.6 cm³/mol. The van der Waals surface area contributed by atoms with E-state index in [0.29, 0.717) is 22.9 Å². The van der Waals surface area contributed by atoms with Crippen molar-refractivity contribution in [3.05, 3.63) is 46.5 Å². The first-order valence-corrected chi connectivity index (χ1v) is 8.15. The number of halogens is 2. The summed E-state index contributed by atoms with van der Waals surface area (Å²) in [6.45, 7) is 5.42. The van der Waals surface area contributed by atoms with Crippen LogP contribution in [0.25, 0.3) is 5.69 Å². The second kappa shape index (κ2) is 6.32. The molecule has 1 aromatic carbocycles. The molecule has 122 valence electrons. The fourth-order valence-electron chi connectivity index (χ4n) is 3.03. The summed E-state index contributed by atoms with van der Waals surface area (Å²) < 4.78 is 14.6. The highest BCUT2D eigenvalue weighted by Crippen LogP contribution is 2.27. The average Bonchev–Trinajstić information content (AvgIpc) is 2.82. The van der Waals surface area contributed by atoms with Gasteiger partial charge in [-0.3, -0.25) is 4.79 Å². The lowest BCUT2D eigenvalue weighted by Gasteiger charge is -2.30. The van der Waals surface area contributed by atoms with Crippen molar-refractivity contribution in [1.82, 2.24) is 14.7 Å². The maximum Gasteiger partial charge on any atom is 0.258 e. The van der Waals surface area contributed by atoms with E-state index in [0.717, 1.165) is 25.9 Å². The smallest absolute Gasteiger partial charge is 0.258 e. The Morgan fingerprint density at radius 1 is 1.35 bits per heavy atom. The van der Waals surface area contributed by atoms with Gasteiger partial charge in [-0.15, -0.1) is 0 Å². The van der Waals surface area contributed by atoms with Crippen molar-refractivity contribution in [3.63, 3.8) is 0 Å². The zero-order chi connectivity index (χ0) is 16.6. The highest BCUT2D eigenvalue weighted by atomic mass is 35.5. The quantitative estimate of drug-likeness (QED) is 0.836. The molecule has 1 aromatic heterocycles. The SMILES string of the molecule is Cc1nn(-c2ccc(F)cc2)c(Cl)c1C(=O)N1CCC[C@H](C)C1. The number of nitrogens with zero attached hydrogens (tertiary/aromatic N) is 3. The number of likely N-dealkylation sites (tertiary alicyclic amines) is 1. The molecule has 0 saturated carbocycles. The minimum absolute atomic E-state index is 0.0765. The van der Waals surface area contributed by atoms with Crippen molar-refractivity contribution in [3.8, 4) is 5.69 Å². The van der Waals surface area contributed by atoms with Crippen molar-refractivity contribution in [2.45, 2.75) is 26.7 Å². The van der Waals surface area contributed by atoms with Crippen LogP contribution < -0.4 is 0 Å². The number of carbonyl (C=O) groups is 1. The number of rotatable bonds is 2. The topological polar surface area (TPSA) is 38.1 Å². The summed E-state index contributed by atoms with van der Waals surface area (Å²) in [5, 5.41) is 4.64. The molecule has 1 aliphatic heterocycles. The monoisotopic (exact) mass is 335 g/mol. The fourth-order valence-corrected chi connectivity index (χ4v) is 3.38. The Hall–Kier alpha value is -1.88. The number of benzene rings is 1. The Labute approximate surface area is 139 Å². The van der Waals surface area contributed by atoms with Crippen LogP contribution in [0.15, 0.2) is 24.3 Å². The largest absolute Gasteiger partial charge is 0.338 e. The van der Waals surface area contributed by atoms with Crippen LogP contribution >= 0.6 is 11.6 Å². The lowest BCUT2D eigenvalue weighted by atomic mass is 9.99. The van der Waals surface area contributed by atoms with Crippen LogP contribution in [0.4, 0.5) is 4.39 Å². The minimum atomic E-state index is -0.327. The molecule has 23 heavy (non-hydrogen) atoms. The number of aryl methyl sites for hydroxylation is 1. The molecule has 0 spiro atoms. The summed E-state index contributed by atoms with van der Waals surface area (Å²) in [4.78, 5) is 14.7. The van der Waals surface area contributed by atoms with Crippen LogP contribution in [0.1, 0.15) is 35.8 Å². The molecule has 0 N–H and O–H groups in total. The number of piperidine rings is 1. The Morgan fingerprint density at radius 3 is 2.70 bits per heavy atom. The Kier molecular flexibility index (Phi) is 4.39. The van der Waals surface area contributed by atoms with Crippen LogP contribution in [0, 0.1) is 18.7 Å². The van der Waals surface area contributed by atoms with Gasteiger partial charge in [0.1, 0.15) is 11.0 Å². The van der Waals surface area contributed by atoms with Crippen LogP contribution in [0.2, 0.25) is 5.15 Å².